The predicted octanol–water partition coefficient (Wildman–Crippen LogP) is 17.5. The summed E-state index contributed by atoms with van der Waals surface area (Å²) in [5.41, 5.74) is 6.53. The molecule has 0 atom stereocenters. The van der Waals surface area contributed by atoms with E-state index in [4.69, 9.17) is 18.1 Å². The van der Waals surface area contributed by atoms with Crippen LogP contribution in [0.15, 0.2) is 235 Å². The second-order valence-electron chi connectivity index (χ2n) is 16.9. The van der Waals surface area contributed by atoms with Gasteiger partial charge in [-0.25, -0.2) is 0 Å². The highest BCUT2D eigenvalue weighted by molar-refractivity contribution is 6.13. The first-order valence-corrected chi connectivity index (χ1v) is 21.6. The molecule has 66 heavy (non-hydrogen) atoms. The molecular weight excluding hydrogens is 801 g/mol. The summed E-state index contributed by atoms with van der Waals surface area (Å²) in [4.78, 5) is 1.68. The molecule has 0 unspecified atom stereocenters. The molecule has 13 rings (SSSR count). The van der Waals surface area contributed by atoms with E-state index in [-0.39, 0.29) is 16.5 Å². The molecule has 0 saturated carbocycles. The molecule has 0 fully saturated rings. The maximum atomic E-state index is 9.95. The van der Waals surface area contributed by atoms with Gasteiger partial charge in [0, 0.05) is 60.7 Å². The van der Waals surface area contributed by atoms with Gasteiger partial charge in [-0.15, -0.1) is 0 Å². The Morgan fingerprint density at radius 1 is 0.409 bits per heavy atom. The standard InChI is InChI=1S/C63H44N2O/c1-63(2)56-26-10-6-19-50(56)51-39-38-46(40-57(51)63)64(44-34-30-42(31-35-44)47-18-7-11-27-58(47)65-59-28-12-8-20-52(59)53-21-9-13-29-60(53)65)45-36-32-43(33-37-45)49-23-15-25-55-54-24-14-22-48(61(54)66-62(49)55)41-16-4-3-5-17-41/h3-40H,1-2H3/i3D,4D,5D,14D,15D,16D,17D,22D,23D,24D,25D,32D,33D,36D,37D. The minimum absolute atomic E-state index is 0.148. The highest BCUT2D eigenvalue weighted by Gasteiger charge is 2.35. The monoisotopic (exact) mass is 859 g/mol. The third-order valence-corrected chi connectivity index (χ3v) is 12.9. The first kappa shape index (κ1) is 25.8. The van der Waals surface area contributed by atoms with Crippen molar-refractivity contribution in [3.05, 3.63) is 241 Å². The van der Waals surface area contributed by atoms with Crippen LogP contribution in [0.1, 0.15) is 45.5 Å². The summed E-state index contributed by atoms with van der Waals surface area (Å²) in [6.45, 7) is 4.26. The van der Waals surface area contributed by atoms with Crippen LogP contribution in [-0.4, -0.2) is 4.57 Å². The van der Waals surface area contributed by atoms with Crippen molar-refractivity contribution in [1.29, 1.82) is 0 Å². The van der Waals surface area contributed by atoms with E-state index in [9.17, 15) is 6.85 Å². The van der Waals surface area contributed by atoms with Crippen LogP contribution in [0.4, 0.5) is 17.1 Å². The minimum atomic E-state index is -0.748. The molecule has 2 heterocycles. The number of hydrogen-bond acceptors (Lipinski definition) is 2. The number of benzene rings is 10. The number of para-hydroxylation sites is 5. The Labute approximate surface area is 405 Å². The topological polar surface area (TPSA) is 21.3 Å². The van der Waals surface area contributed by atoms with E-state index in [1.807, 2.05) is 91.0 Å². The number of furan rings is 1. The SMILES string of the molecule is [2H]c1c([2H])c([2H])c(-c2c([2H])c([2H])c([2H])c3c2oc2c(-c4c([2H])c([2H])c(N(c5ccc(-c6ccccc6-n6c7ccccc7c7ccccc76)cc5)c5ccc6c(c5)C(C)(C)c5ccccc5-6)c([2H])c4[2H])c([2H])c([2H])c([2H])c23)c([2H])c1[2H]. The number of hydrogen-bond donors (Lipinski definition) is 0. The normalized spacial score (nSPS) is 16.0. The number of aromatic nitrogens is 1. The fourth-order valence-corrected chi connectivity index (χ4v) is 9.84. The summed E-state index contributed by atoms with van der Waals surface area (Å²) in [7, 11) is 0. The van der Waals surface area contributed by atoms with Crippen molar-refractivity contribution in [1.82, 2.24) is 4.57 Å². The summed E-state index contributed by atoms with van der Waals surface area (Å²) in [6.07, 6.45) is 0. The Hall–Kier alpha value is -8.40. The van der Waals surface area contributed by atoms with E-state index in [0.29, 0.717) is 11.4 Å². The summed E-state index contributed by atoms with van der Waals surface area (Å²) in [5.74, 6) is 0. The van der Waals surface area contributed by atoms with Gasteiger partial charge in [0.05, 0.1) is 37.3 Å². The lowest BCUT2D eigenvalue weighted by Crippen LogP contribution is -2.16. The van der Waals surface area contributed by atoms with Crippen molar-refractivity contribution in [3.8, 4) is 50.2 Å². The second kappa shape index (κ2) is 14.8. The van der Waals surface area contributed by atoms with Gasteiger partial charge < -0.3 is 13.9 Å². The maximum Gasteiger partial charge on any atom is 0.143 e. The van der Waals surface area contributed by atoms with Gasteiger partial charge in [0.2, 0.25) is 0 Å². The molecule has 0 spiro atoms. The minimum Gasteiger partial charge on any atom is -0.455 e. The Balaban J connectivity index is 1.03. The fraction of sp³-hybridized carbons (Fsp3) is 0.0476. The first-order chi connectivity index (χ1) is 38.8. The van der Waals surface area contributed by atoms with Crippen molar-refractivity contribution >= 4 is 60.8 Å². The molecule has 3 nitrogen and oxygen atoms in total. The average molecular weight is 860 g/mol. The van der Waals surface area contributed by atoms with Crippen LogP contribution in [0.5, 0.6) is 0 Å². The molecule has 12 aromatic rings. The molecule has 10 aromatic carbocycles. The summed E-state index contributed by atoms with van der Waals surface area (Å²) in [6, 6.07) is 36.1. The van der Waals surface area contributed by atoms with Crippen molar-refractivity contribution < 1.29 is 25.0 Å². The van der Waals surface area contributed by atoms with Crippen LogP contribution in [0.3, 0.4) is 0 Å². The zero-order valence-electron chi connectivity index (χ0n) is 50.6. The Morgan fingerprint density at radius 2 is 0.970 bits per heavy atom. The Bertz CT molecular complexity index is 4640. The van der Waals surface area contributed by atoms with Crippen LogP contribution in [-0.2, 0) is 5.41 Å². The number of nitrogens with zero attached hydrogens (tertiary/aromatic N) is 2. The Morgan fingerprint density at radius 3 is 1.65 bits per heavy atom. The predicted molar refractivity (Wildman–Crippen MR) is 277 cm³/mol. The van der Waals surface area contributed by atoms with Gasteiger partial charge in [-0.1, -0.05) is 189 Å². The zero-order valence-corrected chi connectivity index (χ0v) is 35.6. The number of rotatable bonds is 7. The van der Waals surface area contributed by atoms with Crippen LogP contribution in [0, 0.1) is 0 Å². The van der Waals surface area contributed by atoms with E-state index in [1.165, 1.54) is 0 Å². The third kappa shape index (κ3) is 5.83. The first-order valence-electron chi connectivity index (χ1n) is 29.1. The molecule has 1 aliphatic rings. The van der Waals surface area contributed by atoms with Gasteiger partial charge in [0.25, 0.3) is 0 Å². The van der Waals surface area contributed by atoms with Crippen LogP contribution >= 0.6 is 0 Å². The maximum absolute atomic E-state index is 9.95. The van der Waals surface area contributed by atoms with E-state index >= 15 is 0 Å². The summed E-state index contributed by atoms with van der Waals surface area (Å²) >= 11 is 0. The highest BCUT2D eigenvalue weighted by atomic mass is 16.3. The molecule has 1 aliphatic carbocycles. The molecule has 312 valence electrons. The van der Waals surface area contributed by atoms with E-state index in [2.05, 4.69) is 66.9 Å². The van der Waals surface area contributed by atoms with Crippen molar-refractivity contribution in [2.24, 2.45) is 0 Å². The van der Waals surface area contributed by atoms with E-state index in [0.717, 1.165) is 60.9 Å². The van der Waals surface area contributed by atoms with Gasteiger partial charge in [-0.05, 0) is 93.5 Å². The molecular formula is C63H44N2O. The quantitative estimate of drug-likeness (QED) is 0.159. The zero-order chi connectivity index (χ0) is 57.0. The second-order valence-corrected chi connectivity index (χ2v) is 16.9. The van der Waals surface area contributed by atoms with Crippen molar-refractivity contribution in [2.75, 3.05) is 4.90 Å². The van der Waals surface area contributed by atoms with Crippen molar-refractivity contribution in [2.45, 2.75) is 19.3 Å². The molecule has 0 aliphatic heterocycles. The van der Waals surface area contributed by atoms with Gasteiger partial charge in [0.15, 0.2) is 0 Å². The molecule has 2 aromatic heterocycles. The summed E-state index contributed by atoms with van der Waals surface area (Å²) < 4.78 is 145. The summed E-state index contributed by atoms with van der Waals surface area (Å²) in [5, 5.41) is 1.55. The van der Waals surface area contributed by atoms with Gasteiger partial charge in [-0.3, -0.25) is 0 Å². The molecule has 0 bridgehead atoms. The molecule has 0 amide bonds. The lowest BCUT2D eigenvalue weighted by molar-refractivity contribution is 0.660. The third-order valence-electron chi connectivity index (χ3n) is 12.9. The molecule has 0 N–H and O–H groups in total. The number of anilines is 3. The largest absolute Gasteiger partial charge is 0.455 e. The molecule has 0 saturated heterocycles. The lowest BCUT2D eigenvalue weighted by Gasteiger charge is -2.28. The van der Waals surface area contributed by atoms with Gasteiger partial charge in [0.1, 0.15) is 11.2 Å². The van der Waals surface area contributed by atoms with E-state index in [1.54, 1.807) is 4.90 Å². The average Bonchev–Trinajstić information content (AvgIpc) is 4.16. The van der Waals surface area contributed by atoms with Crippen LogP contribution in [0.25, 0.3) is 93.9 Å². The van der Waals surface area contributed by atoms with Gasteiger partial charge in [-0.2, -0.15) is 0 Å². The number of fused-ring (bicyclic) bond motifs is 9. The van der Waals surface area contributed by atoms with E-state index < -0.39 is 129 Å². The van der Waals surface area contributed by atoms with Gasteiger partial charge >= 0.3 is 0 Å². The fourth-order valence-electron chi connectivity index (χ4n) is 9.84. The van der Waals surface area contributed by atoms with Crippen LogP contribution < -0.4 is 4.90 Å². The van der Waals surface area contributed by atoms with Crippen LogP contribution in [0.2, 0.25) is 0 Å². The lowest BCUT2D eigenvalue weighted by atomic mass is 9.82. The molecule has 0 radical (unpaired) electrons. The smallest absolute Gasteiger partial charge is 0.143 e. The highest BCUT2D eigenvalue weighted by Crippen LogP contribution is 2.51. The Kier molecular flexibility index (Phi) is 5.80. The molecule has 3 heteroatoms. The van der Waals surface area contributed by atoms with Crippen molar-refractivity contribution in [3.63, 3.8) is 0 Å².